The first-order valence-corrected chi connectivity index (χ1v) is 13.0. The predicted molar refractivity (Wildman–Crippen MR) is 153 cm³/mol. The molecule has 1 fully saturated rings. The second-order valence-corrected chi connectivity index (χ2v) is 9.54. The zero-order chi connectivity index (χ0) is 27.5. The fourth-order valence-electron chi connectivity index (χ4n) is 4.53. The van der Waals surface area contributed by atoms with Crippen molar-refractivity contribution < 1.29 is 14.5 Å². The minimum absolute atomic E-state index is 0.0626. The Bertz CT molecular complexity index is 1560. The number of ether oxygens (including phenoxy) is 1. The molecule has 1 aliphatic heterocycles. The molecule has 0 radical (unpaired) electrons. The van der Waals surface area contributed by atoms with Gasteiger partial charge in [-0.05, 0) is 93.0 Å². The van der Waals surface area contributed by atoms with Crippen LogP contribution in [0.5, 0.6) is 5.75 Å². The van der Waals surface area contributed by atoms with Gasteiger partial charge in [-0.15, -0.1) is 10.2 Å². The van der Waals surface area contributed by atoms with Crippen LogP contribution >= 0.6 is 12.2 Å². The topological polar surface area (TPSA) is 127 Å². The molecule has 0 spiro atoms. The number of carbonyl (C=O) groups is 1. The molecule has 0 bridgehead atoms. The fourth-order valence-corrected chi connectivity index (χ4v) is 4.73. The molecule has 1 aliphatic rings. The highest BCUT2D eigenvalue weighted by Crippen LogP contribution is 2.31. The van der Waals surface area contributed by atoms with E-state index in [1.54, 1.807) is 23.0 Å². The van der Waals surface area contributed by atoms with E-state index >= 15 is 0 Å². The molecular formula is C27H27N7O4S. The van der Waals surface area contributed by atoms with E-state index < -0.39 is 10.8 Å². The first-order valence-electron chi connectivity index (χ1n) is 12.6. The lowest BCUT2D eigenvalue weighted by molar-refractivity contribution is -0.384. The fraction of sp³-hybridized carbons (Fsp3) is 0.259. The van der Waals surface area contributed by atoms with E-state index in [0.29, 0.717) is 29.0 Å². The molecule has 12 heteroatoms. The van der Waals surface area contributed by atoms with Crippen molar-refractivity contribution in [3.8, 4) is 11.4 Å². The summed E-state index contributed by atoms with van der Waals surface area (Å²) >= 11 is 5.37. The van der Waals surface area contributed by atoms with Gasteiger partial charge in [-0.2, -0.15) is 4.80 Å². The number of thiocarbonyl (C=S) groups is 1. The van der Waals surface area contributed by atoms with Crippen LogP contribution in [-0.4, -0.2) is 50.6 Å². The van der Waals surface area contributed by atoms with Gasteiger partial charge in [0.25, 0.3) is 11.6 Å². The third-order valence-electron chi connectivity index (χ3n) is 6.46. The van der Waals surface area contributed by atoms with Crippen molar-refractivity contribution in [2.24, 2.45) is 0 Å². The van der Waals surface area contributed by atoms with E-state index in [4.69, 9.17) is 17.0 Å². The lowest BCUT2D eigenvalue weighted by Gasteiger charge is -2.18. The molecule has 0 unspecified atom stereocenters. The highest BCUT2D eigenvalue weighted by atomic mass is 32.1. The maximum atomic E-state index is 12.9. The second-order valence-electron chi connectivity index (χ2n) is 9.14. The Morgan fingerprint density at radius 1 is 1.08 bits per heavy atom. The van der Waals surface area contributed by atoms with E-state index in [9.17, 15) is 14.9 Å². The number of hydrogen-bond acceptors (Lipinski definition) is 8. The van der Waals surface area contributed by atoms with Crippen molar-refractivity contribution in [2.45, 2.75) is 26.7 Å². The van der Waals surface area contributed by atoms with Crippen LogP contribution in [0.2, 0.25) is 0 Å². The monoisotopic (exact) mass is 545 g/mol. The molecule has 2 N–H and O–H groups in total. The minimum Gasteiger partial charge on any atom is -0.494 e. The Labute approximate surface area is 229 Å². The van der Waals surface area contributed by atoms with Crippen molar-refractivity contribution in [1.29, 1.82) is 0 Å². The molecule has 2 heterocycles. The van der Waals surface area contributed by atoms with Crippen LogP contribution in [0.25, 0.3) is 16.7 Å². The molecule has 3 aromatic carbocycles. The Balaban J connectivity index is 1.30. The van der Waals surface area contributed by atoms with Crippen molar-refractivity contribution in [1.82, 2.24) is 20.3 Å². The number of anilines is 2. The number of aryl methyl sites for hydroxylation is 1. The lowest BCUT2D eigenvalue weighted by atomic mass is 10.1. The second kappa shape index (κ2) is 11.0. The van der Waals surface area contributed by atoms with E-state index in [-0.39, 0.29) is 16.4 Å². The van der Waals surface area contributed by atoms with Gasteiger partial charge in [0.15, 0.2) is 5.11 Å². The van der Waals surface area contributed by atoms with Gasteiger partial charge >= 0.3 is 0 Å². The summed E-state index contributed by atoms with van der Waals surface area (Å²) in [4.78, 5) is 27.6. The van der Waals surface area contributed by atoms with Crippen LogP contribution in [0.3, 0.4) is 0 Å². The number of fused-ring (bicyclic) bond motifs is 1. The molecule has 0 saturated carbocycles. The SMILES string of the molecule is CCOc1ccc(-n2nc3cc(C)c(NC(=S)NC(=O)c4ccc(N5CCCC5)c([N+](=O)[O-])c4)cc3n2)cc1. The molecule has 200 valence electrons. The summed E-state index contributed by atoms with van der Waals surface area (Å²) < 4.78 is 5.49. The average Bonchev–Trinajstić information content (AvgIpc) is 3.59. The van der Waals surface area contributed by atoms with Crippen molar-refractivity contribution in [3.05, 3.63) is 75.8 Å². The van der Waals surface area contributed by atoms with Gasteiger partial charge < -0.3 is 15.0 Å². The Kier molecular flexibility index (Phi) is 7.37. The Hall–Kier alpha value is -4.58. The van der Waals surface area contributed by atoms with Crippen LogP contribution in [0.4, 0.5) is 17.1 Å². The highest BCUT2D eigenvalue weighted by molar-refractivity contribution is 7.80. The number of benzene rings is 3. The number of aromatic nitrogens is 3. The van der Waals surface area contributed by atoms with E-state index in [0.717, 1.165) is 42.9 Å². The quantitative estimate of drug-likeness (QED) is 0.192. The van der Waals surface area contributed by atoms with Gasteiger partial charge in [0, 0.05) is 30.4 Å². The molecule has 39 heavy (non-hydrogen) atoms. The number of rotatable bonds is 7. The van der Waals surface area contributed by atoms with E-state index in [2.05, 4.69) is 20.8 Å². The van der Waals surface area contributed by atoms with Crippen LogP contribution < -0.4 is 20.3 Å². The first kappa shape index (κ1) is 26.0. The number of amides is 1. The molecule has 4 aromatic rings. The third-order valence-corrected chi connectivity index (χ3v) is 6.67. The molecule has 5 rings (SSSR count). The van der Waals surface area contributed by atoms with Gasteiger partial charge in [-0.1, -0.05) is 0 Å². The van der Waals surface area contributed by atoms with Crippen LogP contribution in [-0.2, 0) is 0 Å². The molecule has 0 aliphatic carbocycles. The largest absolute Gasteiger partial charge is 0.494 e. The lowest BCUT2D eigenvalue weighted by Crippen LogP contribution is -2.34. The predicted octanol–water partition coefficient (Wildman–Crippen LogP) is 4.76. The number of hydrogen-bond donors (Lipinski definition) is 2. The summed E-state index contributed by atoms with van der Waals surface area (Å²) in [7, 11) is 0. The van der Waals surface area contributed by atoms with E-state index in [1.165, 1.54) is 6.07 Å². The van der Waals surface area contributed by atoms with Gasteiger partial charge in [-0.25, -0.2) is 0 Å². The van der Waals surface area contributed by atoms with Crippen LogP contribution in [0.1, 0.15) is 35.7 Å². The molecule has 1 aromatic heterocycles. The zero-order valence-electron chi connectivity index (χ0n) is 21.5. The molecule has 11 nitrogen and oxygen atoms in total. The molecule has 1 amide bonds. The van der Waals surface area contributed by atoms with Gasteiger partial charge in [0.1, 0.15) is 22.5 Å². The van der Waals surface area contributed by atoms with Gasteiger partial charge in [-0.3, -0.25) is 20.2 Å². The van der Waals surface area contributed by atoms with Gasteiger partial charge in [0.2, 0.25) is 0 Å². The van der Waals surface area contributed by atoms with Crippen molar-refractivity contribution in [3.63, 3.8) is 0 Å². The van der Waals surface area contributed by atoms with Crippen molar-refractivity contribution >= 4 is 51.3 Å². The normalized spacial score (nSPS) is 12.9. The number of nitro benzene ring substituents is 1. The average molecular weight is 546 g/mol. The Morgan fingerprint density at radius 3 is 2.44 bits per heavy atom. The van der Waals surface area contributed by atoms with Crippen molar-refractivity contribution in [2.75, 3.05) is 29.9 Å². The maximum Gasteiger partial charge on any atom is 0.293 e. The maximum absolute atomic E-state index is 12.9. The number of carbonyl (C=O) groups excluding carboxylic acids is 1. The van der Waals surface area contributed by atoms with Crippen LogP contribution in [0, 0.1) is 17.0 Å². The highest BCUT2D eigenvalue weighted by Gasteiger charge is 2.24. The number of nitrogens with zero attached hydrogens (tertiary/aromatic N) is 5. The first-order chi connectivity index (χ1) is 18.8. The summed E-state index contributed by atoms with van der Waals surface area (Å²) in [5, 5.41) is 26.5. The summed E-state index contributed by atoms with van der Waals surface area (Å²) in [6.45, 7) is 5.93. The summed E-state index contributed by atoms with van der Waals surface area (Å²) in [5.41, 5.74) is 4.21. The van der Waals surface area contributed by atoms with Crippen LogP contribution in [0.15, 0.2) is 54.6 Å². The third kappa shape index (κ3) is 5.65. The smallest absolute Gasteiger partial charge is 0.293 e. The Morgan fingerprint density at radius 2 is 1.77 bits per heavy atom. The summed E-state index contributed by atoms with van der Waals surface area (Å²) in [6, 6.07) is 15.7. The molecule has 1 saturated heterocycles. The van der Waals surface area contributed by atoms with Gasteiger partial charge in [0.05, 0.1) is 17.2 Å². The van der Waals surface area contributed by atoms with E-state index in [1.807, 2.05) is 49.1 Å². The summed E-state index contributed by atoms with van der Waals surface area (Å²) in [6.07, 6.45) is 1.98. The number of nitro groups is 1. The number of nitrogens with one attached hydrogen (secondary N) is 2. The standard InChI is InChI=1S/C27H27N7O4S/c1-3-38-20-9-7-19(8-10-20)33-30-22-14-17(2)21(16-23(22)31-33)28-27(39)29-26(35)18-6-11-24(25(15-18)34(36)37)32-12-4-5-13-32/h6-11,14-16H,3-5,12-13H2,1-2H3,(H2,28,29,35,39). The summed E-state index contributed by atoms with van der Waals surface area (Å²) in [5.74, 6) is 0.233. The zero-order valence-corrected chi connectivity index (χ0v) is 22.3. The minimum atomic E-state index is -0.538. The molecule has 0 atom stereocenters. The molecular weight excluding hydrogens is 518 g/mol.